The molecule has 1 aliphatic carbocycles. The molecule has 2 aliphatic rings. The summed E-state index contributed by atoms with van der Waals surface area (Å²) in [4.78, 5) is 35.4. The maximum atomic E-state index is 13.0. The number of hydrogen-bond donors (Lipinski definition) is 0. The van der Waals surface area contributed by atoms with E-state index in [9.17, 15) is 4.79 Å². The summed E-state index contributed by atoms with van der Waals surface area (Å²) in [6.07, 6.45) is 6.61. The lowest BCUT2D eigenvalue weighted by Crippen LogP contribution is -2.43. The van der Waals surface area contributed by atoms with Crippen molar-refractivity contribution in [3.05, 3.63) is 61.1 Å². The molecule has 0 amide bonds. The molecule has 2 aromatic heterocycles. The maximum Gasteiger partial charge on any atom is 0.262 e. The lowest BCUT2D eigenvalue weighted by molar-refractivity contribution is 0.132. The topological polar surface area (TPSA) is 85.0 Å². The van der Waals surface area contributed by atoms with E-state index in [1.807, 2.05) is 18.5 Å². The Morgan fingerprint density at radius 2 is 2.16 bits per heavy atom. The second kappa shape index (κ2) is 11.3. The monoisotopic (exact) mass is 570 g/mol. The molecule has 0 radical (unpaired) electrons. The average Bonchev–Trinajstić information content (AvgIpc) is 3.48. The zero-order valence-electron chi connectivity index (χ0n) is 21.8. The zero-order chi connectivity index (χ0) is 26.9. The Balaban J connectivity index is 1.29. The molecule has 3 heterocycles. The molecule has 8 nitrogen and oxygen atoms in total. The summed E-state index contributed by atoms with van der Waals surface area (Å²) in [6, 6.07) is 3.64. The molecule has 1 atom stereocenters. The van der Waals surface area contributed by atoms with Gasteiger partial charge >= 0.3 is 0 Å². The quantitative estimate of drug-likeness (QED) is 0.209. The van der Waals surface area contributed by atoms with E-state index in [0.29, 0.717) is 50.3 Å². The van der Waals surface area contributed by atoms with Crippen LogP contribution in [0.4, 0.5) is 0 Å². The van der Waals surface area contributed by atoms with Gasteiger partial charge in [-0.3, -0.25) is 14.4 Å². The molecular weight excluding hydrogens is 540 g/mol. The number of amidine groups is 1. The standard InChI is InChI=1S/C27H31ClN6O2S2/c1-17-25-20(32-16-37-25)13-27(17)7-9-33(10-8-27)18(2)30-14-22(29-3)38-21-6-5-19-23(24(21)28)26(35)34(15-31-19)11-12-36-4/h5-6,14-17H,3,7-13H2,1-2,4H3/b22-14+,30-18?/t17-/m0/s1. The summed E-state index contributed by atoms with van der Waals surface area (Å²) < 4.78 is 6.60. The van der Waals surface area contributed by atoms with Gasteiger partial charge in [0.05, 0.1) is 52.8 Å². The largest absolute Gasteiger partial charge is 0.383 e. The Morgan fingerprint density at radius 3 is 2.87 bits per heavy atom. The first-order chi connectivity index (χ1) is 18.4. The number of thioether (sulfide) groups is 1. The zero-order valence-corrected chi connectivity index (χ0v) is 24.2. The fourth-order valence-corrected chi connectivity index (χ4v) is 7.56. The first-order valence-corrected chi connectivity index (χ1v) is 14.7. The van der Waals surface area contributed by atoms with Crippen LogP contribution in [0, 0.1) is 5.41 Å². The molecule has 11 heteroatoms. The number of fused-ring (bicyclic) bond motifs is 2. The normalized spacial score (nSPS) is 19.4. The van der Waals surface area contributed by atoms with Crippen molar-refractivity contribution in [1.29, 1.82) is 0 Å². The van der Waals surface area contributed by atoms with Gasteiger partial charge in [0.1, 0.15) is 10.9 Å². The molecule has 0 saturated carbocycles. The molecular formula is C27H31ClN6O2S2. The molecule has 5 rings (SSSR count). The molecule has 0 bridgehead atoms. The van der Waals surface area contributed by atoms with Crippen LogP contribution in [-0.2, 0) is 17.7 Å². The number of likely N-dealkylation sites (tertiary alicyclic amines) is 1. The summed E-state index contributed by atoms with van der Waals surface area (Å²) in [6.45, 7) is 10.9. The minimum Gasteiger partial charge on any atom is -0.383 e. The second-order valence-electron chi connectivity index (χ2n) is 9.82. The number of rotatable bonds is 7. The summed E-state index contributed by atoms with van der Waals surface area (Å²) in [5, 5.41) is 1.33. The number of hydrogen-bond acceptors (Lipinski definition) is 8. The third kappa shape index (κ3) is 5.06. The van der Waals surface area contributed by atoms with Crippen molar-refractivity contribution >= 4 is 58.2 Å². The van der Waals surface area contributed by atoms with Gasteiger partial charge in [0.25, 0.3) is 5.56 Å². The molecule has 1 saturated heterocycles. The van der Waals surface area contributed by atoms with Gasteiger partial charge in [-0.15, -0.1) is 11.3 Å². The van der Waals surface area contributed by atoms with E-state index in [1.54, 1.807) is 30.7 Å². The van der Waals surface area contributed by atoms with Crippen LogP contribution in [0.5, 0.6) is 0 Å². The molecule has 1 aromatic carbocycles. The van der Waals surface area contributed by atoms with E-state index >= 15 is 0 Å². The number of nitrogens with zero attached hydrogens (tertiary/aromatic N) is 6. The van der Waals surface area contributed by atoms with Gasteiger partial charge in [0, 0.05) is 30.0 Å². The summed E-state index contributed by atoms with van der Waals surface area (Å²) >= 11 is 9.82. The lowest BCUT2D eigenvalue weighted by Gasteiger charge is -2.42. The lowest BCUT2D eigenvalue weighted by atomic mass is 9.71. The minimum absolute atomic E-state index is 0.198. The molecule has 1 aliphatic heterocycles. The fraction of sp³-hybridized carbons (Fsp3) is 0.444. The van der Waals surface area contributed by atoms with Crippen molar-refractivity contribution in [2.45, 2.75) is 50.5 Å². The third-order valence-electron chi connectivity index (χ3n) is 7.88. The highest BCUT2D eigenvalue weighted by Crippen LogP contribution is 2.54. The number of piperidine rings is 1. The second-order valence-corrected chi connectivity index (χ2v) is 12.1. The van der Waals surface area contributed by atoms with E-state index in [0.717, 1.165) is 38.2 Å². The van der Waals surface area contributed by atoms with Crippen molar-refractivity contribution in [2.24, 2.45) is 15.4 Å². The predicted octanol–water partition coefficient (Wildman–Crippen LogP) is 5.60. The van der Waals surface area contributed by atoms with Crippen LogP contribution in [0.1, 0.15) is 43.2 Å². The highest BCUT2D eigenvalue weighted by molar-refractivity contribution is 8.03. The Bertz CT molecular complexity index is 1470. The van der Waals surface area contributed by atoms with E-state index in [1.165, 1.54) is 33.2 Å². The van der Waals surface area contributed by atoms with Crippen LogP contribution in [-0.4, -0.2) is 58.8 Å². The first-order valence-electron chi connectivity index (χ1n) is 12.6. The number of aliphatic imine (C=N–C) groups is 2. The van der Waals surface area contributed by atoms with Gasteiger partial charge in [0.2, 0.25) is 0 Å². The number of aromatic nitrogens is 3. The van der Waals surface area contributed by atoms with Crippen LogP contribution in [0.3, 0.4) is 0 Å². The van der Waals surface area contributed by atoms with E-state index in [4.69, 9.17) is 21.3 Å². The maximum absolute atomic E-state index is 13.0. The molecule has 0 N–H and O–H groups in total. The van der Waals surface area contributed by atoms with Crippen LogP contribution in [0.15, 0.2) is 54.9 Å². The van der Waals surface area contributed by atoms with Gasteiger partial charge in [0.15, 0.2) is 0 Å². The molecule has 0 unspecified atom stereocenters. The Morgan fingerprint density at radius 1 is 1.37 bits per heavy atom. The fourth-order valence-electron chi connectivity index (χ4n) is 5.47. The number of thiazole rings is 1. The molecule has 200 valence electrons. The van der Waals surface area contributed by atoms with E-state index in [2.05, 4.69) is 33.5 Å². The van der Waals surface area contributed by atoms with E-state index in [-0.39, 0.29) is 5.56 Å². The van der Waals surface area contributed by atoms with Gasteiger partial charge < -0.3 is 9.64 Å². The summed E-state index contributed by atoms with van der Waals surface area (Å²) in [7, 11) is 1.59. The van der Waals surface area contributed by atoms with Crippen molar-refractivity contribution < 1.29 is 4.74 Å². The summed E-state index contributed by atoms with van der Waals surface area (Å²) in [5.41, 5.74) is 3.97. The minimum atomic E-state index is -0.198. The van der Waals surface area contributed by atoms with Crippen molar-refractivity contribution in [2.75, 3.05) is 26.8 Å². The van der Waals surface area contributed by atoms with E-state index < -0.39 is 0 Å². The van der Waals surface area contributed by atoms with Crippen LogP contribution in [0.25, 0.3) is 10.9 Å². The van der Waals surface area contributed by atoms with Gasteiger partial charge in [-0.05, 0) is 56.4 Å². The highest BCUT2D eigenvalue weighted by atomic mass is 35.5. The first kappa shape index (κ1) is 27.1. The molecule has 1 spiro atoms. The van der Waals surface area contributed by atoms with Crippen LogP contribution < -0.4 is 5.56 Å². The molecule has 1 fully saturated rings. The Hall–Kier alpha value is -2.53. The average molecular weight is 571 g/mol. The predicted molar refractivity (Wildman–Crippen MR) is 157 cm³/mol. The van der Waals surface area contributed by atoms with Gasteiger partial charge in [-0.25, -0.2) is 15.0 Å². The highest BCUT2D eigenvalue weighted by Gasteiger charge is 2.46. The molecule has 3 aromatic rings. The number of methoxy groups -OCH3 is 1. The third-order valence-corrected chi connectivity index (χ3v) is 10.4. The SMILES string of the molecule is C=N/C(=C\N=C(C)N1CCC2(CC1)Cc1ncsc1[C@@H]2C)Sc1ccc2ncn(CCOC)c(=O)c2c1Cl. The van der Waals surface area contributed by atoms with Crippen LogP contribution >= 0.6 is 34.7 Å². The Labute approximate surface area is 235 Å². The van der Waals surface area contributed by atoms with Gasteiger partial charge in [-0.1, -0.05) is 30.3 Å². The van der Waals surface area contributed by atoms with Crippen LogP contribution in [0.2, 0.25) is 5.02 Å². The Kier molecular flexibility index (Phi) is 8.04. The van der Waals surface area contributed by atoms with Gasteiger partial charge in [-0.2, -0.15) is 0 Å². The summed E-state index contributed by atoms with van der Waals surface area (Å²) in [5.74, 6) is 1.53. The van der Waals surface area contributed by atoms with Crippen molar-refractivity contribution in [3.8, 4) is 0 Å². The molecule has 38 heavy (non-hydrogen) atoms. The van der Waals surface area contributed by atoms with Crippen molar-refractivity contribution in [3.63, 3.8) is 0 Å². The number of benzene rings is 1. The number of halogens is 1. The smallest absolute Gasteiger partial charge is 0.262 e. The number of ether oxygens (including phenoxy) is 1. The van der Waals surface area contributed by atoms with Crippen molar-refractivity contribution in [1.82, 2.24) is 19.4 Å².